The summed E-state index contributed by atoms with van der Waals surface area (Å²) in [6.07, 6.45) is 1.58. The summed E-state index contributed by atoms with van der Waals surface area (Å²) in [4.78, 5) is 13.0. The maximum Gasteiger partial charge on any atom is 0.264 e. The quantitative estimate of drug-likeness (QED) is 0.264. The van der Waals surface area contributed by atoms with Gasteiger partial charge in [-0.15, -0.1) is 0 Å². The van der Waals surface area contributed by atoms with E-state index in [2.05, 4.69) is 21.2 Å². The van der Waals surface area contributed by atoms with E-state index < -0.39 is 22.5 Å². The SMILES string of the molecule is Cc1cccc(N(CC(=O)N/N=C\c2cc(C)n(-c3cccc(C)c3)c2C)S(=O)(=O)c2ccccc2)c1. The first-order chi connectivity index (χ1) is 17.7. The van der Waals surface area contributed by atoms with Crippen LogP contribution in [0.15, 0.2) is 94.9 Å². The molecule has 4 rings (SSSR count). The van der Waals surface area contributed by atoms with Crippen LogP contribution in [-0.4, -0.2) is 31.7 Å². The van der Waals surface area contributed by atoms with Gasteiger partial charge in [0.05, 0.1) is 16.8 Å². The number of carbonyl (C=O) groups is 1. The van der Waals surface area contributed by atoms with E-state index in [4.69, 9.17) is 0 Å². The Hall–Kier alpha value is -4.17. The lowest BCUT2D eigenvalue weighted by Crippen LogP contribution is -2.39. The molecule has 0 saturated carbocycles. The highest BCUT2D eigenvalue weighted by Crippen LogP contribution is 2.24. The van der Waals surface area contributed by atoms with Gasteiger partial charge in [0, 0.05) is 22.6 Å². The van der Waals surface area contributed by atoms with Gasteiger partial charge in [-0.1, -0.05) is 42.5 Å². The summed E-state index contributed by atoms with van der Waals surface area (Å²) in [7, 11) is -3.97. The molecule has 0 bridgehead atoms. The predicted octanol–water partition coefficient (Wildman–Crippen LogP) is 5.06. The molecule has 1 heterocycles. The fraction of sp³-hybridized carbons (Fsp3) is 0.172. The number of hydrazone groups is 1. The highest BCUT2D eigenvalue weighted by atomic mass is 32.2. The standard InChI is InChI=1S/C29H30N4O3S/c1-21-10-8-12-26(16-21)32(37(35,36)28-14-6-5-7-15-28)20-29(34)31-30-19-25-18-23(3)33(24(25)4)27-13-9-11-22(2)17-27/h5-19H,20H2,1-4H3,(H,31,34)/b30-19-. The van der Waals surface area contributed by atoms with Gasteiger partial charge in [0.1, 0.15) is 6.54 Å². The fourth-order valence-electron chi connectivity index (χ4n) is 4.24. The molecule has 0 fully saturated rings. The summed E-state index contributed by atoms with van der Waals surface area (Å²) in [6, 6.07) is 25.3. The maximum atomic E-state index is 13.4. The molecule has 0 aliphatic carbocycles. The van der Waals surface area contributed by atoms with Crippen LogP contribution in [0.4, 0.5) is 5.69 Å². The normalized spacial score (nSPS) is 11.6. The van der Waals surface area contributed by atoms with E-state index in [-0.39, 0.29) is 4.90 Å². The lowest BCUT2D eigenvalue weighted by atomic mass is 10.2. The number of aromatic nitrogens is 1. The van der Waals surface area contributed by atoms with Crippen LogP contribution in [-0.2, 0) is 14.8 Å². The van der Waals surface area contributed by atoms with E-state index in [0.29, 0.717) is 5.69 Å². The second-order valence-electron chi connectivity index (χ2n) is 8.96. The van der Waals surface area contributed by atoms with Crippen LogP contribution in [0.5, 0.6) is 0 Å². The number of sulfonamides is 1. The Morgan fingerprint density at radius 1 is 0.892 bits per heavy atom. The average Bonchev–Trinajstić information content (AvgIpc) is 3.15. The summed E-state index contributed by atoms with van der Waals surface area (Å²) >= 11 is 0. The van der Waals surface area contributed by atoms with E-state index in [9.17, 15) is 13.2 Å². The van der Waals surface area contributed by atoms with Gasteiger partial charge < -0.3 is 4.57 Å². The number of benzene rings is 3. The molecule has 0 unspecified atom stereocenters. The van der Waals surface area contributed by atoms with Crippen LogP contribution >= 0.6 is 0 Å². The van der Waals surface area contributed by atoms with Crippen LogP contribution in [0, 0.1) is 27.7 Å². The monoisotopic (exact) mass is 514 g/mol. The van der Waals surface area contributed by atoms with Gasteiger partial charge in [-0.05, 0) is 81.3 Å². The first kappa shape index (κ1) is 25.9. The molecule has 1 aromatic heterocycles. The zero-order valence-corrected chi connectivity index (χ0v) is 22.2. The summed E-state index contributed by atoms with van der Waals surface area (Å²) in [5.41, 5.74) is 8.87. The van der Waals surface area contributed by atoms with Gasteiger partial charge in [-0.2, -0.15) is 5.10 Å². The largest absolute Gasteiger partial charge is 0.318 e. The van der Waals surface area contributed by atoms with E-state index >= 15 is 0 Å². The molecule has 37 heavy (non-hydrogen) atoms. The maximum absolute atomic E-state index is 13.4. The van der Waals surface area contributed by atoms with Gasteiger partial charge >= 0.3 is 0 Å². The minimum absolute atomic E-state index is 0.108. The zero-order chi connectivity index (χ0) is 26.6. The average molecular weight is 515 g/mol. The van der Waals surface area contributed by atoms with Gasteiger partial charge in [-0.3, -0.25) is 9.10 Å². The Morgan fingerprint density at radius 3 is 2.24 bits per heavy atom. The molecule has 0 saturated heterocycles. The summed E-state index contributed by atoms with van der Waals surface area (Å²) in [6.45, 7) is 7.51. The minimum Gasteiger partial charge on any atom is -0.318 e. The van der Waals surface area contributed by atoms with Crippen molar-refractivity contribution in [3.8, 4) is 5.69 Å². The number of amides is 1. The first-order valence-electron chi connectivity index (χ1n) is 11.9. The van der Waals surface area contributed by atoms with Crippen molar-refractivity contribution in [3.63, 3.8) is 0 Å². The fourth-order valence-corrected chi connectivity index (χ4v) is 5.67. The Balaban J connectivity index is 1.55. The summed E-state index contributed by atoms with van der Waals surface area (Å²) < 4.78 is 30.1. The number of anilines is 1. The second-order valence-corrected chi connectivity index (χ2v) is 10.8. The van der Waals surface area contributed by atoms with Crippen LogP contribution < -0.4 is 9.73 Å². The van der Waals surface area contributed by atoms with Crippen molar-refractivity contribution in [3.05, 3.63) is 113 Å². The molecule has 3 aromatic carbocycles. The van der Waals surface area contributed by atoms with E-state index in [0.717, 1.165) is 38.1 Å². The van der Waals surface area contributed by atoms with Crippen molar-refractivity contribution in [1.29, 1.82) is 0 Å². The zero-order valence-electron chi connectivity index (χ0n) is 21.3. The van der Waals surface area contributed by atoms with Crippen LogP contribution in [0.25, 0.3) is 5.69 Å². The number of aryl methyl sites for hydroxylation is 3. The number of rotatable bonds is 8. The lowest BCUT2D eigenvalue weighted by Gasteiger charge is -2.24. The molecule has 4 aromatic rings. The molecule has 0 aliphatic rings. The number of carbonyl (C=O) groups excluding carboxylic acids is 1. The van der Waals surface area contributed by atoms with Gasteiger partial charge in [-0.25, -0.2) is 13.8 Å². The van der Waals surface area contributed by atoms with Crippen molar-refractivity contribution >= 4 is 27.8 Å². The third-order valence-corrected chi connectivity index (χ3v) is 7.82. The number of nitrogens with one attached hydrogen (secondary N) is 1. The lowest BCUT2D eigenvalue weighted by molar-refractivity contribution is -0.119. The molecular formula is C29H30N4O3S. The number of nitrogens with zero attached hydrogens (tertiary/aromatic N) is 3. The molecule has 0 atom stereocenters. The molecule has 7 nitrogen and oxygen atoms in total. The van der Waals surface area contributed by atoms with Gasteiger partial charge in [0.15, 0.2) is 0 Å². The highest BCUT2D eigenvalue weighted by Gasteiger charge is 2.27. The molecule has 0 radical (unpaired) electrons. The molecule has 1 N–H and O–H groups in total. The van der Waals surface area contributed by atoms with Crippen molar-refractivity contribution < 1.29 is 13.2 Å². The summed E-state index contributed by atoms with van der Waals surface area (Å²) in [5, 5.41) is 4.13. The molecule has 8 heteroatoms. The van der Waals surface area contributed by atoms with Crippen LogP contribution in [0.1, 0.15) is 28.1 Å². The van der Waals surface area contributed by atoms with Gasteiger partial charge in [0.25, 0.3) is 15.9 Å². The van der Waals surface area contributed by atoms with Crippen molar-refractivity contribution in [2.75, 3.05) is 10.8 Å². The number of hydrogen-bond acceptors (Lipinski definition) is 4. The molecule has 0 spiro atoms. The molecule has 190 valence electrons. The van der Waals surface area contributed by atoms with E-state index in [1.165, 1.54) is 12.1 Å². The highest BCUT2D eigenvalue weighted by molar-refractivity contribution is 7.92. The Morgan fingerprint density at radius 2 is 1.57 bits per heavy atom. The minimum atomic E-state index is -3.97. The Kier molecular flexibility index (Phi) is 7.59. The third-order valence-electron chi connectivity index (χ3n) is 6.03. The molecule has 0 aliphatic heterocycles. The van der Waals surface area contributed by atoms with Crippen molar-refractivity contribution in [2.24, 2.45) is 5.10 Å². The van der Waals surface area contributed by atoms with E-state index in [1.54, 1.807) is 42.6 Å². The van der Waals surface area contributed by atoms with Gasteiger partial charge in [0.2, 0.25) is 0 Å². The van der Waals surface area contributed by atoms with Crippen LogP contribution in [0.2, 0.25) is 0 Å². The topological polar surface area (TPSA) is 83.8 Å². The summed E-state index contributed by atoms with van der Waals surface area (Å²) in [5.74, 6) is -0.551. The van der Waals surface area contributed by atoms with E-state index in [1.807, 2.05) is 58.0 Å². The smallest absolute Gasteiger partial charge is 0.264 e. The van der Waals surface area contributed by atoms with Crippen molar-refractivity contribution in [1.82, 2.24) is 9.99 Å². The van der Waals surface area contributed by atoms with Crippen molar-refractivity contribution in [2.45, 2.75) is 32.6 Å². The first-order valence-corrected chi connectivity index (χ1v) is 13.3. The third kappa shape index (κ3) is 5.81. The van der Waals surface area contributed by atoms with Crippen LogP contribution in [0.3, 0.4) is 0 Å². The Bertz CT molecular complexity index is 1560. The Labute approximate surface area is 218 Å². The molecular weight excluding hydrogens is 484 g/mol. The second kappa shape index (κ2) is 10.8. The number of hydrogen-bond donors (Lipinski definition) is 1. The molecule has 1 amide bonds. The predicted molar refractivity (Wildman–Crippen MR) is 148 cm³/mol.